The van der Waals surface area contributed by atoms with Crippen molar-refractivity contribution < 1.29 is 9.59 Å². The summed E-state index contributed by atoms with van der Waals surface area (Å²) in [4.78, 5) is 36.6. The van der Waals surface area contributed by atoms with E-state index in [1.807, 2.05) is 24.3 Å². The van der Waals surface area contributed by atoms with Crippen LogP contribution in [0, 0.1) is 0 Å². The molecule has 3 aromatic rings. The number of urea groups is 1. The molecule has 7 nitrogen and oxygen atoms in total. The number of nitrogens with one attached hydrogen (secondary N) is 2. The van der Waals surface area contributed by atoms with Crippen molar-refractivity contribution in [3.63, 3.8) is 0 Å². The SMILES string of the molecule is CC1(C)NC(=O)N(CCNc2nccc(-c3ccc(Cc4ccccc4)s3)n2)C1=O. The van der Waals surface area contributed by atoms with Crippen LogP contribution >= 0.6 is 11.3 Å². The Morgan fingerprint density at radius 2 is 1.90 bits per heavy atom. The minimum atomic E-state index is -0.857. The smallest absolute Gasteiger partial charge is 0.325 e. The number of carbonyl (C=O) groups is 2. The number of thiophene rings is 1. The summed E-state index contributed by atoms with van der Waals surface area (Å²) in [7, 11) is 0. The summed E-state index contributed by atoms with van der Waals surface area (Å²) < 4.78 is 0. The molecule has 2 N–H and O–H groups in total. The number of aromatic nitrogens is 2. The lowest BCUT2D eigenvalue weighted by Crippen LogP contribution is -2.40. The molecule has 154 valence electrons. The summed E-state index contributed by atoms with van der Waals surface area (Å²) in [5.74, 6) is 0.241. The van der Waals surface area contributed by atoms with Gasteiger partial charge in [0, 0.05) is 30.6 Å². The summed E-state index contributed by atoms with van der Waals surface area (Å²) in [5.41, 5.74) is 1.26. The minimum Gasteiger partial charge on any atom is -0.352 e. The number of rotatable bonds is 7. The maximum atomic E-state index is 12.2. The van der Waals surface area contributed by atoms with Crippen LogP contribution in [0.2, 0.25) is 0 Å². The van der Waals surface area contributed by atoms with Crippen molar-refractivity contribution in [2.45, 2.75) is 25.8 Å². The van der Waals surface area contributed by atoms with Crippen LogP contribution in [0.15, 0.2) is 54.7 Å². The molecule has 1 fully saturated rings. The van der Waals surface area contributed by atoms with Gasteiger partial charge in [-0.1, -0.05) is 30.3 Å². The lowest BCUT2D eigenvalue weighted by molar-refractivity contribution is -0.130. The third kappa shape index (κ3) is 4.33. The lowest BCUT2D eigenvalue weighted by atomic mass is 10.1. The van der Waals surface area contributed by atoms with Crippen LogP contribution in [0.4, 0.5) is 10.7 Å². The van der Waals surface area contributed by atoms with Crippen molar-refractivity contribution in [1.29, 1.82) is 0 Å². The van der Waals surface area contributed by atoms with Crippen LogP contribution in [-0.4, -0.2) is 45.4 Å². The molecule has 1 aliphatic rings. The summed E-state index contributed by atoms with van der Waals surface area (Å²) in [6.45, 7) is 4.02. The number of benzene rings is 1. The average Bonchev–Trinajstić information content (AvgIpc) is 3.26. The van der Waals surface area contributed by atoms with Gasteiger partial charge in [0.15, 0.2) is 0 Å². The molecule has 8 heteroatoms. The van der Waals surface area contributed by atoms with Crippen molar-refractivity contribution in [1.82, 2.24) is 20.2 Å². The largest absolute Gasteiger partial charge is 0.352 e. The molecule has 3 heterocycles. The molecule has 1 saturated heterocycles. The number of imide groups is 1. The molecule has 0 bridgehead atoms. The van der Waals surface area contributed by atoms with Crippen molar-refractivity contribution in [2.75, 3.05) is 18.4 Å². The number of hydrogen-bond acceptors (Lipinski definition) is 6. The van der Waals surface area contributed by atoms with Gasteiger partial charge < -0.3 is 10.6 Å². The summed E-state index contributed by atoms with van der Waals surface area (Å²) in [6, 6.07) is 16.1. The van der Waals surface area contributed by atoms with Crippen LogP contribution in [0.25, 0.3) is 10.6 Å². The van der Waals surface area contributed by atoms with E-state index in [2.05, 4.69) is 44.9 Å². The summed E-state index contributed by atoms with van der Waals surface area (Å²) in [5, 5.41) is 5.78. The number of hydrogen-bond donors (Lipinski definition) is 2. The molecule has 0 radical (unpaired) electrons. The van der Waals surface area contributed by atoms with Gasteiger partial charge in [0.1, 0.15) is 5.54 Å². The summed E-state index contributed by atoms with van der Waals surface area (Å²) in [6.07, 6.45) is 2.60. The van der Waals surface area contributed by atoms with E-state index in [0.717, 1.165) is 17.0 Å². The molecule has 2 aromatic heterocycles. The Morgan fingerprint density at radius 1 is 1.10 bits per heavy atom. The van der Waals surface area contributed by atoms with Crippen LogP contribution in [0.5, 0.6) is 0 Å². The fraction of sp³-hybridized carbons (Fsp3) is 0.273. The Hall–Kier alpha value is -3.26. The Bertz CT molecular complexity index is 1060. The summed E-state index contributed by atoms with van der Waals surface area (Å²) >= 11 is 1.71. The molecule has 0 saturated carbocycles. The standard InChI is InChI=1S/C22H23N5O2S/c1-22(2)19(28)27(21(29)26-22)13-12-24-20-23-11-10-17(25-20)18-9-8-16(30-18)14-15-6-4-3-5-7-15/h3-11H,12-14H2,1-2H3,(H,26,29)(H,23,24,25). The second-order valence-corrected chi connectivity index (χ2v) is 8.80. The van der Waals surface area contributed by atoms with Gasteiger partial charge in [-0.3, -0.25) is 9.69 Å². The van der Waals surface area contributed by atoms with Crippen molar-refractivity contribution in [3.8, 4) is 10.6 Å². The van der Waals surface area contributed by atoms with E-state index in [0.29, 0.717) is 12.5 Å². The van der Waals surface area contributed by atoms with Gasteiger partial charge in [0.05, 0.1) is 10.6 Å². The normalized spacial score (nSPS) is 15.3. The van der Waals surface area contributed by atoms with Gasteiger partial charge in [0.2, 0.25) is 5.95 Å². The van der Waals surface area contributed by atoms with Crippen LogP contribution in [0.3, 0.4) is 0 Å². The monoisotopic (exact) mass is 421 g/mol. The number of amides is 3. The number of carbonyl (C=O) groups excluding carboxylic acids is 2. The van der Waals surface area contributed by atoms with Gasteiger partial charge in [-0.15, -0.1) is 11.3 Å². The fourth-order valence-corrected chi connectivity index (χ4v) is 4.30. The minimum absolute atomic E-state index is 0.228. The van der Waals surface area contributed by atoms with Crippen LogP contribution < -0.4 is 10.6 Å². The molecule has 1 aliphatic heterocycles. The van der Waals surface area contributed by atoms with Gasteiger partial charge in [-0.25, -0.2) is 14.8 Å². The first-order valence-electron chi connectivity index (χ1n) is 9.76. The molecule has 0 unspecified atom stereocenters. The quantitative estimate of drug-likeness (QED) is 0.570. The fourth-order valence-electron chi connectivity index (χ4n) is 3.29. The first-order valence-corrected chi connectivity index (χ1v) is 10.6. The third-order valence-electron chi connectivity index (χ3n) is 4.85. The second-order valence-electron chi connectivity index (χ2n) is 7.63. The van der Waals surface area contributed by atoms with Crippen molar-refractivity contribution >= 4 is 29.2 Å². The molecular weight excluding hydrogens is 398 g/mol. The molecule has 0 aliphatic carbocycles. The molecule has 3 amide bonds. The Kier molecular flexibility index (Phi) is 5.50. The van der Waals surface area contributed by atoms with Crippen LogP contribution in [0.1, 0.15) is 24.3 Å². The second kappa shape index (κ2) is 8.23. The molecule has 30 heavy (non-hydrogen) atoms. The highest BCUT2D eigenvalue weighted by atomic mass is 32.1. The van der Waals surface area contributed by atoms with Gasteiger partial charge >= 0.3 is 6.03 Å². The predicted octanol–water partition coefficient (Wildman–Crippen LogP) is 3.54. The van der Waals surface area contributed by atoms with Crippen LogP contribution in [-0.2, 0) is 11.2 Å². The molecule has 0 spiro atoms. The van der Waals surface area contributed by atoms with E-state index < -0.39 is 5.54 Å². The maximum absolute atomic E-state index is 12.2. The Morgan fingerprint density at radius 3 is 2.63 bits per heavy atom. The zero-order chi connectivity index (χ0) is 21.1. The van der Waals surface area contributed by atoms with E-state index in [1.165, 1.54) is 15.3 Å². The molecule has 1 aromatic carbocycles. The predicted molar refractivity (Wildman–Crippen MR) is 117 cm³/mol. The van der Waals surface area contributed by atoms with Crippen molar-refractivity contribution in [2.24, 2.45) is 0 Å². The highest BCUT2D eigenvalue weighted by Gasteiger charge is 2.43. The zero-order valence-electron chi connectivity index (χ0n) is 16.9. The highest BCUT2D eigenvalue weighted by Crippen LogP contribution is 2.28. The van der Waals surface area contributed by atoms with E-state index in [1.54, 1.807) is 31.4 Å². The molecular formula is C22H23N5O2S. The average molecular weight is 422 g/mol. The van der Waals surface area contributed by atoms with E-state index >= 15 is 0 Å². The zero-order valence-corrected chi connectivity index (χ0v) is 17.7. The first-order chi connectivity index (χ1) is 14.4. The number of nitrogens with zero attached hydrogens (tertiary/aromatic N) is 3. The van der Waals surface area contributed by atoms with E-state index in [-0.39, 0.29) is 18.5 Å². The van der Waals surface area contributed by atoms with Gasteiger partial charge in [0.25, 0.3) is 5.91 Å². The van der Waals surface area contributed by atoms with E-state index in [9.17, 15) is 9.59 Å². The Balaban J connectivity index is 1.38. The lowest BCUT2D eigenvalue weighted by Gasteiger charge is -2.16. The first kappa shape index (κ1) is 20.0. The van der Waals surface area contributed by atoms with E-state index in [4.69, 9.17) is 0 Å². The molecule has 0 atom stereocenters. The van der Waals surface area contributed by atoms with Gasteiger partial charge in [-0.05, 0) is 37.6 Å². The maximum Gasteiger partial charge on any atom is 0.325 e. The molecule has 4 rings (SSSR count). The number of anilines is 1. The Labute approximate surface area is 179 Å². The van der Waals surface area contributed by atoms with Gasteiger partial charge in [-0.2, -0.15) is 0 Å². The highest BCUT2D eigenvalue weighted by molar-refractivity contribution is 7.15. The topological polar surface area (TPSA) is 87.2 Å². The third-order valence-corrected chi connectivity index (χ3v) is 5.96. The van der Waals surface area contributed by atoms with Crippen molar-refractivity contribution in [3.05, 3.63) is 65.2 Å².